The lowest BCUT2D eigenvalue weighted by Crippen LogP contribution is -2.53. The van der Waals surface area contributed by atoms with Crippen molar-refractivity contribution in [2.45, 2.75) is 31.7 Å². The summed E-state index contributed by atoms with van der Waals surface area (Å²) < 4.78 is 12.4. The van der Waals surface area contributed by atoms with Crippen LogP contribution in [0.15, 0.2) is 72.1 Å². The van der Waals surface area contributed by atoms with E-state index in [0.717, 1.165) is 21.3 Å². The topological polar surface area (TPSA) is 60.5 Å². The first-order chi connectivity index (χ1) is 17.3. The number of allylic oxidation sites excluding steroid dienone is 2. The molecule has 0 saturated heterocycles. The standard InChI is InChI=1S/C29H29N2O3SSi/c1-7-21(4)36(25-13-11-10-12-14-25)33-20-29(5,9-3)31-27(32)28(35-6)34-24-15-16-26-23(18-24)17-22(8-2)19-30-26/h2-3,7,10-19,28H,20H2,1,4-6H3,(H,31,32)/b21-7+. The molecule has 5 nitrogen and oxygen atoms in total. The first-order valence-electron chi connectivity index (χ1n) is 11.4. The lowest BCUT2D eigenvalue weighted by molar-refractivity contribution is -0.126. The number of terminal acetylenes is 2. The number of hydrogen-bond donors (Lipinski definition) is 1. The Morgan fingerprint density at radius 2 is 2.00 bits per heavy atom. The Morgan fingerprint density at radius 3 is 2.64 bits per heavy atom. The Balaban J connectivity index is 1.72. The summed E-state index contributed by atoms with van der Waals surface area (Å²) in [6.45, 7) is 5.99. The molecule has 0 fully saturated rings. The Bertz CT molecular complexity index is 1330. The van der Waals surface area contributed by atoms with Crippen LogP contribution in [-0.2, 0) is 9.22 Å². The highest BCUT2D eigenvalue weighted by atomic mass is 32.2. The zero-order chi connectivity index (χ0) is 26.1. The number of nitrogens with zero attached hydrogens (tertiary/aromatic N) is 1. The molecule has 7 heteroatoms. The monoisotopic (exact) mass is 513 g/mol. The molecule has 2 aromatic carbocycles. The van der Waals surface area contributed by atoms with Crippen LogP contribution in [-0.4, -0.2) is 43.8 Å². The summed E-state index contributed by atoms with van der Waals surface area (Å²) in [4.78, 5) is 17.5. The fraction of sp³-hybridized carbons (Fsp3) is 0.241. The van der Waals surface area contributed by atoms with E-state index in [1.807, 2.05) is 43.3 Å². The van der Waals surface area contributed by atoms with Gasteiger partial charge in [-0.15, -0.1) is 24.6 Å². The molecule has 0 aliphatic rings. The SMILES string of the molecule is C#Cc1cnc2ccc(OC(SC)C(=O)NC(C)(C#C)CO[Si](/C(C)=C/C)c3ccccc3)cc2c1. The maximum Gasteiger partial charge on any atom is 0.278 e. The zero-order valence-corrected chi connectivity index (χ0v) is 22.7. The van der Waals surface area contributed by atoms with Gasteiger partial charge in [0, 0.05) is 17.1 Å². The number of nitrogens with one attached hydrogen (secondary N) is 1. The number of carbonyl (C=O) groups excluding carboxylic acids is 1. The first kappa shape index (κ1) is 27.1. The van der Waals surface area contributed by atoms with Crippen molar-refractivity contribution in [1.82, 2.24) is 10.3 Å². The highest BCUT2D eigenvalue weighted by molar-refractivity contribution is 7.99. The quantitative estimate of drug-likeness (QED) is 0.250. The fourth-order valence-corrected chi connectivity index (χ4v) is 5.92. The maximum atomic E-state index is 13.2. The van der Waals surface area contributed by atoms with Crippen molar-refractivity contribution in [3.8, 4) is 30.4 Å². The molecule has 36 heavy (non-hydrogen) atoms. The maximum absolute atomic E-state index is 13.2. The van der Waals surface area contributed by atoms with Gasteiger partial charge in [0.25, 0.3) is 14.9 Å². The minimum Gasteiger partial charge on any atom is -0.470 e. The molecular formula is C29H29N2O3SSi. The largest absolute Gasteiger partial charge is 0.470 e. The van der Waals surface area contributed by atoms with Crippen LogP contribution in [0.2, 0.25) is 0 Å². The van der Waals surface area contributed by atoms with E-state index in [4.69, 9.17) is 22.0 Å². The molecule has 3 aromatic rings. The number of pyridine rings is 1. The molecule has 1 heterocycles. The highest BCUT2D eigenvalue weighted by Crippen LogP contribution is 2.23. The van der Waals surface area contributed by atoms with E-state index in [1.165, 1.54) is 11.8 Å². The Hall–Kier alpha value is -3.49. The molecule has 1 N–H and O–H groups in total. The van der Waals surface area contributed by atoms with Crippen LogP contribution < -0.4 is 15.2 Å². The third kappa shape index (κ3) is 6.80. The van der Waals surface area contributed by atoms with Crippen molar-refractivity contribution in [2.75, 3.05) is 12.9 Å². The number of aromatic nitrogens is 1. The van der Waals surface area contributed by atoms with Crippen molar-refractivity contribution in [2.24, 2.45) is 0 Å². The number of thioether (sulfide) groups is 1. The van der Waals surface area contributed by atoms with Gasteiger partial charge in [-0.25, -0.2) is 0 Å². The number of amides is 1. The van der Waals surface area contributed by atoms with Crippen molar-refractivity contribution in [3.05, 3.63) is 77.6 Å². The summed E-state index contributed by atoms with van der Waals surface area (Å²) in [6, 6.07) is 17.3. The summed E-state index contributed by atoms with van der Waals surface area (Å²) in [5.74, 6) is 5.48. The summed E-state index contributed by atoms with van der Waals surface area (Å²) in [5, 5.41) is 6.05. The lowest BCUT2D eigenvalue weighted by Gasteiger charge is -2.29. The third-order valence-electron chi connectivity index (χ3n) is 5.54. The van der Waals surface area contributed by atoms with Gasteiger partial charge in [0.15, 0.2) is 0 Å². The van der Waals surface area contributed by atoms with E-state index in [1.54, 1.807) is 25.4 Å². The molecule has 0 bridgehead atoms. The van der Waals surface area contributed by atoms with Crippen molar-refractivity contribution < 1.29 is 14.0 Å². The summed E-state index contributed by atoms with van der Waals surface area (Å²) in [7, 11) is -1.47. The Morgan fingerprint density at radius 1 is 1.25 bits per heavy atom. The fourth-order valence-electron chi connectivity index (χ4n) is 3.40. The number of rotatable bonds is 10. The van der Waals surface area contributed by atoms with Gasteiger partial charge in [-0.3, -0.25) is 9.78 Å². The number of carbonyl (C=O) groups is 1. The average molecular weight is 514 g/mol. The Labute approximate surface area is 219 Å². The molecule has 0 aliphatic carbocycles. The molecule has 0 saturated carbocycles. The van der Waals surface area contributed by atoms with Gasteiger partial charge in [0.05, 0.1) is 12.1 Å². The summed E-state index contributed by atoms with van der Waals surface area (Å²) in [5.41, 5.74) is -0.360. The van der Waals surface area contributed by atoms with Gasteiger partial charge >= 0.3 is 0 Å². The van der Waals surface area contributed by atoms with Crippen molar-refractivity contribution in [3.63, 3.8) is 0 Å². The molecule has 0 aliphatic heterocycles. The molecule has 3 rings (SSSR count). The molecule has 183 valence electrons. The minimum absolute atomic E-state index is 0.168. The van der Waals surface area contributed by atoms with E-state index in [-0.39, 0.29) is 12.5 Å². The normalized spacial score (nSPS) is 13.9. The molecule has 1 aromatic heterocycles. The second-order valence-electron chi connectivity index (χ2n) is 8.33. The first-order valence-corrected chi connectivity index (χ1v) is 14.1. The van der Waals surface area contributed by atoms with E-state index >= 15 is 0 Å². The molecule has 2 unspecified atom stereocenters. The average Bonchev–Trinajstić information content (AvgIpc) is 2.91. The van der Waals surface area contributed by atoms with Crippen LogP contribution in [0.5, 0.6) is 5.75 Å². The smallest absolute Gasteiger partial charge is 0.278 e. The van der Waals surface area contributed by atoms with Crippen molar-refractivity contribution >= 4 is 42.8 Å². The van der Waals surface area contributed by atoms with Crippen LogP contribution >= 0.6 is 11.8 Å². The van der Waals surface area contributed by atoms with Gasteiger partial charge in [0.2, 0.25) is 5.44 Å². The van der Waals surface area contributed by atoms with E-state index in [9.17, 15) is 4.79 Å². The van der Waals surface area contributed by atoms with Gasteiger partial charge in [-0.05, 0) is 56.5 Å². The molecular weight excluding hydrogens is 484 g/mol. The van der Waals surface area contributed by atoms with Crippen LogP contribution in [0.3, 0.4) is 0 Å². The van der Waals surface area contributed by atoms with Crippen LogP contribution in [0.1, 0.15) is 26.3 Å². The number of ether oxygens (including phenoxy) is 1. The second kappa shape index (κ2) is 12.5. The summed E-state index contributed by atoms with van der Waals surface area (Å²) >= 11 is 1.27. The van der Waals surface area contributed by atoms with Crippen LogP contribution in [0.4, 0.5) is 0 Å². The zero-order valence-electron chi connectivity index (χ0n) is 20.9. The Kier molecular flexibility index (Phi) is 9.38. The van der Waals surface area contributed by atoms with E-state index in [0.29, 0.717) is 11.3 Å². The van der Waals surface area contributed by atoms with Gasteiger partial charge in [-0.1, -0.05) is 53.4 Å². The lowest BCUT2D eigenvalue weighted by atomic mass is 10.1. The van der Waals surface area contributed by atoms with Crippen molar-refractivity contribution in [1.29, 1.82) is 0 Å². The van der Waals surface area contributed by atoms with E-state index < -0.39 is 20.0 Å². The minimum atomic E-state index is -1.47. The van der Waals surface area contributed by atoms with Gasteiger partial charge < -0.3 is 14.5 Å². The van der Waals surface area contributed by atoms with Gasteiger partial charge in [-0.2, -0.15) is 0 Å². The molecule has 2 atom stereocenters. The molecule has 1 amide bonds. The summed E-state index contributed by atoms with van der Waals surface area (Å²) in [6.07, 6.45) is 16.8. The second-order valence-corrected chi connectivity index (χ2v) is 11.5. The highest BCUT2D eigenvalue weighted by Gasteiger charge is 2.31. The molecule has 1 radical (unpaired) electrons. The third-order valence-corrected chi connectivity index (χ3v) is 8.57. The predicted octanol–water partition coefficient (Wildman–Crippen LogP) is 4.21. The number of benzene rings is 2. The van der Waals surface area contributed by atoms with Crippen LogP contribution in [0, 0.1) is 24.7 Å². The number of hydrogen-bond acceptors (Lipinski definition) is 5. The van der Waals surface area contributed by atoms with E-state index in [2.05, 4.69) is 47.3 Å². The van der Waals surface area contributed by atoms with Gasteiger partial charge in [0.1, 0.15) is 11.3 Å². The predicted molar refractivity (Wildman–Crippen MR) is 150 cm³/mol. The van der Waals surface area contributed by atoms with Crippen LogP contribution in [0.25, 0.3) is 10.9 Å². The molecule has 0 spiro atoms. The number of fused-ring (bicyclic) bond motifs is 1.